The maximum absolute atomic E-state index is 12.3. The molecule has 0 amide bonds. The fourth-order valence-corrected chi connectivity index (χ4v) is 2.22. The number of nitrogens with two attached hydrogens (primary N) is 2. The molecule has 24 heavy (non-hydrogen) atoms. The van der Waals surface area contributed by atoms with Crippen molar-refractivity contribution in [3.05, 3.63) is 42.0 Å². The standard InChI is InChI=1S/C15H11F3N4O2/c16-15(17,18)24-8-2-4-12(23)9(6-8)14-21-10-3-1-7(13(19)20)5-11(10)22-14/h1-6,23H,(H3,19,20)(H,21,22)/p+1. The minimum absolute atomic E-state index is 0.0687. The molecule has 9 heteroatoms. The molecule has 1 heterocycles. The summed E-state index contributed by atoms with van der Waals surface area (Å²) in [5.74, 6) is -0.399. The number of alkyl halides is 3. The molecule has 0 spiro atoms. The monoisotopic (exact) mass is 337 g/mol. The minimum Gasteiger partial charge on any atom is -0.507 e. The molecule has 6 N–H and O–H groups in total. The highest BCUT2D eigenvalue weighted by Gasteiger charge is 2.31. The summed E-state index contributed by atoms with van der Waals surface area (Å²) < 4.78 is 40.8. The Kier molecular flexibility index (Phi) is 3.55. The van der Waals surface area contributed by atoms with Gasteiger partial charge in [0.25, 0.3) is 5.84 Å². The van der Waals surface area contributed by atoms with Crippen molar-refractivity contribution in [1.82, 2.24) is 9.97 Å². The maximum Gasteiger partial charge on any atom is 0.573 e. The molecular formula is C15H12F3N4O2+. The molecular weight excluding hydrogens is 325 g/mol. The quantitative estimate of drug-likeness (QED) is 0.426. The number of phenols is 1. The molecule has 0 aliphatic heterocycles. The number of ether oxygens (including phenoxy) is 1. The molecule has 124 valence electrons. The molecule has 1 aromatic heterocycles. The minimum atomic E-state index is -4.83. The van der Waals surface area contributed by atoms with Crippen molar-refractivity contribution < 1.29 is 28.4 Å². The van der Waals surface area contributed by atoms with Gasteiger partial charge in [0.2, 0.25) is 0 Å². The van der Waals surface area contributed by atoms with Gasteiger partial charge in [-0.1, -0.05) is 0 Å². The number of hydrogen-bond donors (Lipinski definition) is 4. The van der Waals surface area contributed by atoms with Gasteiger partial charge in [-0.15, -0.1) is 13.2 Å². The van der Waals surface area contributed by atoms with E-state index >= 15 is 0 Å². The Balaban J connectivity index is 2.06. The number of fused-ring (bicyclic) bond motifs is 1. The van der Waals surface area contributed by atoms with Crippen molar-refractivity contribution in [2.24, 2.45) is 5.73 Å². The SMILES string of the molecule is NC(=[NH2+])c1ccc2nc(-c3cc(OC(F)(F)F)ccc3O)[nH]c2c1. The number of H-pyrrole nitrogens is 1. The molecule has 0 saturated heterocycles. The first-order chi connectivity index (χ1) is 11.2. The van der Waals surface area contributed by atoms with Crippen LogP contribution in [-0.2, 0) is 0 Å². The predicted molar refractivity (Wildman–Crippen MR) is 80.1 cm³/mol. The van der Waals surface area contributed by atoms with Crippen LogP contribution in [0.3, 0.4) is 0 Å². The first-order valence-corrected chi connectivity index (χ1v) is 6.70. The second-order valence-electron chi connectivity index (χ2n) is 5.00. The molecule has 3 aromatic rings. The highest BCUT2D eigenvalue weighted by Crippen LogP contribution is 2.34. The van der Waals surface area contributed by atoms with Crippen LogP contribution in [0.15, 0.2) is 36.4 Å². The number of aromatic nitrogens is 2. The van der Waals surface area contributed by atoms with E-state index < -0.39 is 12.1 Å². The molecule has 3 rings (SSSR count). The average Bonchev–Trinajstić information content (AvgIpc) is 2.90. The van der Waals surface area contributed by atoms with Crippen LogP contribution in [0.5, 0.6) is 11.5 Å². The third-order valence-electron chi connectivity index (χ3n) is 3.27. The molecule has 0 unspecified atom stereocenters. The lowest BCUT2D eigenvalue weighted by atomic mass is 10.2. The van der Waals surface area contributed by atoms with E-state index in [4.69, 9.17) is 11.1 Å². The Morgan fingerprint density at radius 1 is 1.21 bits per heavy atom. The van der Waals surface area contributed by atoms with Crippen LogP contribution in [0, 0.1) is 0 Å². The number of imidazole rings is 1. The van der Waals surface area contributed by atoms with Crippen molar-refractivity contribution in [1.29, 1.82) is 0 Å². The second-order valence-corrected chi connectivity index (χ2v) is 5.00. The van der Waals surface area contributed by atoms with Gasteiger partial charge in [-0.25, -0.2) is 4.98 Å². The van der Waals surface area contributed by atoms with Crippen molar-refractivity contribution in [3.63, 3.8) is 0 Å². The van der Waals surface area contributed by atoms with Gasteiger partial charge in [-0.3, -0.25) is 11.1 Å². The van der Waals surface area contributed by atoms with Crippen LogP contribution in [0.2, 0.25) is 0 Å². The lowest BCUT2D eigenvalue weighted by Crippen LogP contribution is -2.46. The molecule has 0 bridgehead atoms. The zero-order chi connectivity index (χ0) is 17.5. The summed E-state index contributed by atoms with van der Waals surface area (Å²) in [4.78, 5) is 7.14. The van der Waals surface area contributed by atoms with E-state index in [0.717, 1.165) is 18.2 Å². The van der Waals surface area contributed by atoms with Gasteiger partial charge >= 0.3 is 6.36 Å². The molecule has 0 aliphatic rings. The summed E-state index contributed by atoms with van der Waals surface area (Å²) in [5.41, 5.74) is 7.28. The zero-order valence-corrected chi connectivity index (χ0v) is 12.1. The van der Waals surface area contributed by atoms with E-state index in [9.17, 15) is 18.3 Å². The predicted octanol–water partition coefficient (Wildman–Crippen LogP) is 1.30. The van der Waals surface area contributed by atoms with Crippen LogP contribution in [-0.4, -0.2) is 27.3 Å². The number of nitrogens with zero attached hydrogens (tertiary/aromatic N) is 1. The number of aromatic hydroxyl groups is 1. The topological polar surface area (TPSA) is 110 Å². The molecule has 0 aliphatic carbocycles. The van der Waals surface area contributed by atoms with Crippen molar-refractivity contribution in [3.8, 4) is 22.9 Å². The third kappa shape index (κ3) is 3.09. The van der Waals surface area contributed by atoms with Gasteiger partial charge in [0.05, 0.1) is 22.2 Å². The smallest absolute Gasteiger partial charge is 0.507 e. The van der Waals surface area contributed by atoms with E-state index in [-0.39, 0.29) is 23.0 Å². The highest BCUT2D eigenvalue weighted by atomic mass is 19.4. The van der Waals surface area contributed by atoms with Crippen LogP contribution in [0.4, 0.5) is 13.2 Å². The summed E-state index contributed by atoms with van der Waals surface area (Å²) in [6.07, 6.45) is -4.83. The van der Waals surface area contributed by atoms with Gasteiger partial charge in [0.15, 0.2) is 0 Å². The Morgan fingerprint density at radius 3 is 2.62 bits per heavy atom. The largest absolute Gasteiger partial charge is 0.573 e. The van der Waals surface area contributed by atoms with Crippen LogP contribution in [0.25, 0.3) is 22.4 Å². The Bertz CT molecular complexity index is 934. The van der Waals surface area contributed by atoms with E-state index in [1.807, 2.05) is 0 Å². The van der Waals surface area contributed by atoms with E-state index in [2.05, 4.69) is 14.7 Å². The van der Waals surface area contributed by atoms with Crippen LogP contribution in [0.1, 0.15) is 5.56 Å². The number of nitrogens with one attached hydrogen (secondary N) is 1. The summed E-state index contributed by atoms with van der Waals surface area (Å²) in [5, 5.41) is 15.4. The normalized spacial score (nSPS) is 11.6. The molecule has 0 fully saturated rings. The Hall–Kier alpha value is -3.23. The van der Waals surface area contributed by atoms with Crippen molar-refractivity contribution >= 4 is 16.9 Å². The summed E-state index contributed by atoms with van der Waals surface area (Å²) in [6.45, 7) is 0. The number of amidine groups is 1. The lowest BCUT2D eigenvalue weighted by Gasteiger charge is -2.10. The first-order valence-electron chi connectivity index (χ1n) is 6.70. The van der Waals surface area contributed by atoms with E-state index in [1.54, 1.807) is 18.2 Å². The lowest BCUT2D eigenvalue weighted by molar-refractivity contribution is -0.274. The first kappa shape index (κ1) is 15.7. The van der Waals surface area contributed by atoms with Crippen molar-refractivity contribution in [2.75, 3.05) is 0 Å². The maximum atomic E-state index is 12.3. The fourth-order valence-electron chi connectivity index (χ4n) is 2.22. The van der Waals surface area contributed by atoms with Gasteiger partial charge in [-0.2, -0.15) is 0 Å². The Morgan fingerprint density at radius 2 is 1.96 bits per heavy atom. The van der Waals surface area contributed by atoms with Gasteiger partial charge in [0, 0.05) is 0 Å². The van der Waals surface area contributed by atoms with Gasteiger partial charge in [0.1, 0.15) is 17.3 Å². The van der Waals surface area contributed by atoms with E-state index in [0.29, 0.717) is 16.6 Å². The Labute approximate surface area is 133 Å². The molecule has 6 nitrogen and oxygen atoms in total. The van der Waals surface area contributed by atoms with Crippen LogP contribution < -0.4 is 15.9 Å². The number of benzene rings is 2. The summed E-state index contributed by atoms with van der Waals surface area (Å²) in [7, 11) is 0. The number of aromatic amines is 1. The molecule has 0 saturated carbocycles. The number of rotatable bonds is 3. The molecule has 0 atom stereocenters. The third-order valence-corrected chi connectivity index (χ3v) is 3.27. The summed E-state index contributed by atoms with van der Waals surface area (Å²) in [6, 6.07) is 8.11. The number of halogens is 3. The van der Waals surface area contributed by atoms with Gasteiger partial charge < -0.3 is 14.8 Å². The average molecular weight is 337 g/mol. The fraction of sp³-hybridized carbons (Fsp3) is 0.0667. The van der Waals surface area contributed by atoms with Crippen molar-refractivity contribution in [2.45, 2.75) is 6.36 Å². The summed E-state index contributed by atoms with van der Waals surface area (Å²) >= 11 is 0. The number of hydrogen-bond acceptors (Lipinski definition) is 3. The zero-order valence-electron chi connectivity index (χ0n) is 12.1. The highest BCUT2D eigenvalue weighted by molar-refractivity contribution is 5.96. The number of phenolic OH excluding ortho intramolecular Hbond substituents is 1. The second kappa shape index (κ2) is 5.44. The van der Waals surface area contributed by atoms with Crippen LogP contribution >= 0.6 is 0 Å². The van der Waals surface area contributed by atoms with Gasteiger partial charge in [-0.05, 0) is 36.4 Å². The molecule has 0 radical (unpaired) electrons. The van der Waals surface area contributed by atoms with E-state index in [1.165, 1.54) is 0 Å². The molecule has 2 aromatic carbocycles.